The fraction of sp³-hybridized carbons (Fsp3) is 0.250. The van der Waals surface area contributed by atoms with E-state index in [2.05, 4.69) is 22.1 Å². The van der Waals surface area contributed by atoms with Crippen molar-refractivity contribution < 1.29 is 4.79 Å². The molecule has 1 saturated carbocycles. The first kappa shape index (κ1) is 12.9. The number of nitrogens with zero attached hydrogens (tertiary/aromatic N) is 1. The van der Waals surface area contributed by atoms with E-state index < -0.39 is 0 Å². The van der Waals surface area contributed by atoms with Gasteiger partial charge in [-0.1, -0.05) is 24.1 Å². The maximum absolute atomic E-state index is 11.9. The first-order valence-corrected chi connectivity index (χ1v) is 7.44. The van der Waals surface area contributed by atoms with Gasteiger partial charge in [0.15, 0.2) is 5.01 Å². The molecule has 100 valence electrons. The molecule has 1 heterocycles. The Morgan fingerprint density at radius 1 is 1.30 bits per heavy atom. The third kappa shape index (κ3) is 3.46. The molecule has 1 aliphatic rings. The van der Waals surface area contributed by atoms with Crippen LogP contribution >= 0.6 is 11.3 Å². The molecule has 0 unspecified atom stereocenters. The quantitative estimate of drug-likeness (QED) is 0.879. The van der Waals surface area contributed by atoms with Gasteiger partial charge in [-0.05, 0) is 36.8 Å². The van der Waals surface area contributed by atoms with Gasteiger partial charge in [0.25, 0.3) is 5.91 Å². The Morgan fingerprint density at radius 2 is 2.10 bits per heavy atom. The summed E-state index contributed by atoms with van der Waals surface area (Å²) in [6, 6.07) is 9.75. The van der Waals surface area contributed by atoms with Crippen molar-refractivity contribution >= 4 is 17.2 Å². The van der Waals surface area contributed by atoms with Crippen LogP contribution in [0.15, 0.2) is 36.5 Å². The summed E-state index contributed by atoms with van der Waals surface area (Å²) in [6.45, 7) is 0.780. The van der Waals surface area contributed by atoms with Crippen LogP contribution in [0.2, 0.25) is 0 Å². The molecule has 3 nitrogen and oxygen atoms in total. The van der Waals surface area contributed by atoms with Crippen LogP contribution in [0.4, 0.5) is 0 Å². The van der Waals surface area contributed by atoms with Gasteiger partial charge >= 0.3 is 0 Å². The fourth-order valence-corrected chi connectivity index (χ4v) is 2.42. The molecule has 1 amide bonds. The molecular weight excluding hydrogens is 268 g/mol. The Hall–Kier alpha value is -2.12. The second-order valence-electron chi connectivity index (χ2n) is 4.80. The van der Waals surface area contributed by atoms with Crippen LogP contribution in [0.3, 0.4) is 0 Å². The summed E-state index contributed by atoms with van der Waals surface area (Å²) in [5.74, 6) is 6.68. The van der Waals surface area contributed by atoms with E-state index in [-0.39, 0.29) is 5.91 Å². The van der Waals surface area contributed by atoms with Gasteiger partial charge in [-0.15, -0.1) is 11.3 Å². The molecule has 20 heavy (non-hydrogen) atoms. The van der Waals surface area contributed by atoms with Crippen molar-refractivity contribution in [3.63, 3.8) is 0 Å². The van der Waals surface area contributed by atoms with Gasteiger partial charge in [0.2, 0.25) is 0 Å². The summed E-state index contributed by atoms with van der Waals surface area (Å²) < 4.78 is 0. The van der Waals surface area contributed by atoms with Gasteiger partial charge in [-0.3, -0.25) is 4.79 Å². The fourth-order valence-electron chi connectivity index (χ4n) is 1.73. The minimum atomic E-state index is -0.0397. The molecule has 1 aliphatic carbocycles. The van der Waals surface area contributed by atoms with E-state index in [4.69, 9.17) is 0 Å². The van der Waals surface area contributed by atoms with Crippen molar-refractivity contribution in [1.29, 1.82) is 0 Å². The first-order chi connectivity index (χ1) is 9.81. The summed E-state index contributed by atoms with van der Waals surface area (Å²) in [5.41, 5.74) is 0.947. The van der Waals surface area contributed by atoms with Crippen LogP contribution in [0.25, 0.3) is 0 Å². The lowest BCUT2D eigenvalue weighted by Gasteiger charge is -1.99. The van der Waals surface area contributed by atoms with E-state index in [0.29, 0.717) is 15.8 Å². The Morgan fingerprint density at radius 3 is 2.85 bits per heavy atom. The largest absolute Gasteiger partial charge is 0.351 e. The van der Waals surface area contributed by atoms with Crippen molar-refractivity contribution in [2.75, 3.05) is 6.54 Å². The Balaban J connectivity index is 1.64. The van der Waals surface area contributed by atoms with Crippen LogP contribution in [-0.4, -0.2) is 17.4 Å². The van der Waals surface area contributed by atoms with E-state index in [1.807, 2.05) is 30.3 Å². The monoisotopic (exact) mass is 282 g/mol. The third-order valence-corrected chi connectivity index (χ3v) is 3.98. The summed E-state index contributed by atoms with van der Waals surface area (Å²) in [4.78, 5) is 16.7. The Kier molecular flexibility index (Phi) is 3.80. The van der Waals surface area contributed by atoms with Crippen molar-refractivity contribution in [2.24, 2.45) is 5.92 Å². The molecule has 1 aromatic heterocycles. The highest BCUT2D eigenvalue weighted by molar-refractivity contribution is 7.14. The van der Waals surface area contributed by atoms with Gasteiger partial charge in [-0.2, -0.15) is 0 Å². The molecule has 3 rings (SSSR count). The number of hydrogen-bond acceptors (Lipinski definition) is 3. The van der Waals surface area contributed by atoms with E-state index in [0.717, 1.165) is 12.1 Å². The number of hydrogen-bond donors (Lipinski definition) is 1. The van der Waals surface area contributed by atoms with Crippen molar-refractivity contribution in [1.82, 2.24) is 10.3 Å². The zero-order chi connectivity index (χ0) is 13.8. The van der Waals surface area contributed by atoms with Crippen LogP contribution < -0.4 is 5.32 Å². The maximum Gasteiger partial charge on any atom is 0.263 e. The third-order valence-electron chi connectivity index (χ3n) is 3.07. The molecular formula is C16H14N2OS. The van der Waals surface area contributed by atoms with Gasteiger partial charge in [-0.25, -0.2) is 4.98 Å². The molecule has 1 aromatic carbocycles. The van der Waals surface area contributed by atoms with Crippen LogP contribution in [0.5, 0.6) is 0 Å². The summed E-state index contributed by atoms with van der Waals surface area (Å²) in [6.07, 6.45) is 4.06. The second-order valence-corrected chi connectivity index (χ2v) is 5.83. The SMILES string of the molecule is O=C(NCC1CC1)c1cnc(C#Cc2ccccc2)s1. The molecule has 1 fully saturated rings. The summed E-state index contributed by atoms with van der Waals surface area (Å²) in [5, 5.41) is 3.60. The zero-order valence-corrected chi connectivity index (χ0v) is 11.7. The molecule has 0 bridgehead atoms. The lowest BCUT2D eigenvalue weighted by Crippen LogP contribution is -2.24. The molecule has 2 aromatic rings. The average molecular weight is 282 g/mol. The molecule has 1 N–H and O–H groups in total. The van der Waals surface area contributed by atoms with E-state index in [1.165, 1.54) is 24.2 Å². The van der Waals surface area contributed by atoms with Crippen molar-refractivity contribution in [3.8, 4) is 11.8 Å². The smallest absolute Gasteiger partial charge is 0.263 e. The number of carbonyl (C=O) groups excluding carboxylic acids is 1. The molecule has 0 aliphatic heterocycles. The molecule has 0 atom stereocenters. The summed E-state index contributed by atoms with van der Waals surface area (Å²) >= 11 is 1.34. The molecule has 0 saturated heterocycles. The van der Waals surface area contributed by atoms with Gasteiger partial charge in [0, 0.05) is 12.1 Å². The van der Waals surface area contributed by atoms with Crippen molar-refractivity contribution in [3.05, 3.63) is 52.0 Å². The maximum atomic E-state index is 11.9. The first-order valence-electron chi connectivity index (χ1n) is 6.62. The lowest BCUT2D eigenvalue weighted by atomic mass is 10.2. The van der Waals surface area contributed by atoms with Crippen molar-refractivity contribution in [2.45, 2.75) is 12.8 Å². The van der Waals surface area contributed by atoms with Gasteiger partial charge in [0.05, 0.1) is 6.20 Å². The predicted octanol–water partition coefficient (Wildman–Crippen LogP) is 2.68. The Bertz CT molecular complexity index is 663. The van der Waals surface area contributed by atoms with E-state index in [9.17, 15) is 4.79 Å². The van der Waals surface area contributed by atoms with Crippen LogP contribution in [0, 0.1) is 17.8 Å². The number of thiazole rings is 1. The summed E-state index contributed by atoms with van der Waals surface area (Å²) in [7, 11) is 0. The normalized spacial score (nSPS) is 13.4. The highest BCUT2D eigenvalue weighted by Crippen LogP contribution is 2.27. The molecule has 0 spiro atoms. The number of amides is 1. The predicted molar refractivity (Wildman–Crippen MR) is 79.6 cm³/mol. The minimum absolute atomic E-state index is 0.0397. The number of nitrogens with one attached hydrogen (secondary N) is 1. The highest BCUT2D eigenvalue weighted by atomic mass is 32.1. The highest BCUT2D eigenvalue weighted by Gasteiger charge is 2.22. The van der Waals surface area contributed by atoms with E-state index >= 15 is 0 Å². The Labute approximate surface area is 122 Å². The van der Waals surface area contributed by atoms with Gasteiger partial charge in [0.1, 0.15) is 4.88 Å². The molecule has 0 radical (unpaired) electrons. The second kappa shape index (κ2) is 5.89. The van der Waals surface area contributed by atoms with E-state index in [1.54, 1.807) is 6.20 Å². The standard InChI is InChI=1S/C16H14N2OS/c19-16(18-10-13-6-7-13)14-11-17-15(20-14)9-8-12-4-2-1-3-5-12/h1-5,11,13H,6-7,10H2,(H,18,19). The topological polar surface area (TPSA) is 42.0 Å². The lowest BCUT2D eigenvalue weighted by molar-refractivity contribution is 0.0955. The number of benzene rings is 1. The number of rotatable bonds is 3. The van der Waals surface area contributed by atoms with Crippen LogP contribution in [-0.2, 0) is 0 Å². The number of aromatic nitrogens is 1. The number of carbonyl (C=O) groups is 1. The average Bonchev–Trinajstić information content (AvgIpc) is 3.20. The zero-order valence-electron chi connectivity index (χ0n) is 10.9. The minimum Gasteiger partial charge on any atom is -0.351 e. The van der Waals surface area contributed by atoms with Crippen LogP contribution in [0.1, 0.15) is 33.1 Å². The van der Waals surface area contributed by atoms with Gasteiger partial charge < -0.3 is 5.32 Å². The molecule has 4 heteroatoms.